The van der Waals surface area contributed by atoms with Crippen LogP contribution in [-0.4, -0.2) is 48.6 Å². The molecule has 1 fully saturated rings. The topological polar surface area (TPSA) is 93.1 Å². The average molecular weight is 234 g/mol. The first-order chi connectivity index (χ1) is 7.70. The minimum absolute atomic E-state index is 0.237. The largest absolute Gasteiger partial charge is 0.451 e. The van der Waals surface area contributed by atoms with Gasteiger partial charge in [-0.1, -0.05) is 12.8 Å². The van der Waals surface area contributed by atoms with Crippen molar-refractivity contribution in [3.63, 3.8) is 0 Å². The molecule has 94 valence electrons. The van der Waals surface area contributed by atoms with E-state index in [4.69, 9.17) is 10.2 Å². The third kappa shape index (κ3) is 9.42. The van der Waals surface area contributed by atoms with E-state index in [2.05, 4.69) is 9.47 Å². The SMILES string of the molecule is O=C1COC(=O)CO1.OCCCCCCO. The van der Waals surface area contributed by atoms with Crippen LogP contribution in [-0.2, 0) is 19.1 Å². The molecule has 1 rings (SSSR count). The molecule has 0 aromatic rings. The summed E-state index contributed by atoms with van der Waals surface area (Å²) in [5.41, 5.74) is 0. The number of carbonyl (C=O) groups is 2. The van der Waals surface area contributed by atoms with Crippen LogP contribution in [0.3, 0.4) is 0 Å². The number of aliphatic hydroxyl groups excluding tert-OH is 2. The second-order valence-corrected chi connectivity index (χ2v) is 3.18. The van der Waals surface area contributed by atoms with Crippen molar-refractivity contribution >= 4 is 11.9 Å². The maximum atomic E-state index is 10.1. The van der Waals surface area contributed by atoms with E-state index in [0.29, 0.717) is 0 Å². The molecule has 0 saturated carbocycles. The fourth-order valence-electron chi connectivity index (χ4n) is 0.939. The molecule has 1 heterocycles. The number of hydrogen-bond acceptors (Lipinski definition) is 6. The lowest BCUT2D eigenvalue weighted by molar-refractivity contribution is -0.174. The van der Waals surface area contributed by atoms with E-state index in [1.807, 2.05) is 0 Å². The first-order valence-corrected chi connectivity index (χ1v) is 5.23. The molecule has 0 spiro atoms. The minimum Gasteiger partial charge on any atom is -0.451 e. The molecule has 1 saturated heterocycles. The van der Waals surface area contributed by atoms with Crippen LogP contribution in [0, 0.1) is 0 Å². The lowest BCUT2D eigenvalue weighted by Gasteiger charge is -2.09. The highest BCUT2D eigenvalue weighted by Crippen LogP contribution is 1.96. The monoisotopic (exact) mass is 234 g/mol. The van der Waals surface area contributed by atoms with Crippen LogP contribution in [0.1, 0.15) is 25.7 Å². The van der Waals surface area contributed by atoms with Crippen LogP contribution in [0.15, 0.2) is 0 Å². The second kappa shape index (κ2) is 10.4. The number of hydrogen-bond donors (Lipinski definition) is 2. The maximum absolute atomic E-state index is 10.1. The molecule has 2 N–H and O–H groups in total. The zero-order valence-corrected chi connectivity index (χ0v) is 9.18. The molecule has 1 aliphatic rings. The van der Waals surface area contributed by atoms with Crippen molar-refractivity contribution in [3.05, 3.63) is 0 Å². The van der Waals surface area contributed by atoms with Gasteiger partial charge in [0.15, 0.2) is 13.2 Å². The number of cyclic esters (lactones) is 2. The van der Waals surface area contributed by atoms with Gasteiger partial charge in [0.25, 0.3) is 0 Å². The van der Waals surface area contributed by atoms with Gasteiger partial charge in [0.1, 0.15) is 0 Å². The van der Waals surface area contributed by atoms with Crippen molar-refractivity contribution in [3.8, 4) is 0 Å². The summed E-state index contributed by atoms with van der Waals surface area (Å²) in [6, 6.07) is 0. The number of rotatable bonds is 5. The van der Waals surface area contributed by atoms with Crippen LogP contribution in [0.5, 0.6) is 0 Å². The number of unbranched alkanes of at least 4 members (excludes halogenated alkanes) is 3. The third-order valence-corrected chi connectivity index (χ3v) is 1.77. The van der Waals surface area contributed by atoms with Crippen LogP contribution in [0.25, 0.3) is 0 Å². The molecule has 0 atom stereocenters. The maximum Gasteiger partial charge on any atom is 0.344 e. The Morgan fingerprint density at radius 1 is 0.812 bits per heavy atom. The number of esters is 2. The summed E-state index contributed by atoms with van der Waals surface area (Å²) >= 11 is 0. The minimum atomic E-state index is -0.482. The van der Waals surface area contributed by atoms with Crippen molar-refractivity contribution in [2.24, 2.45) is 0 Å². The molecule has 16 heavy (non-hydrogen) atoms. The second-order valence-electron chi connectivity index (χ2n) is 3.18. The molecule has 0 bridgehead atoms. The molecule has 0 amide bonds. The number of carbonyl (C=O) groups excluding carboxylic acids is 2. The Balaban J connectivity index is 0.000000281. The molecule has 0 radical (unpaired) electrons. The molecule has 0 aliphatic carbocycles. The Hall–Kier alpha value is -1.14. The molecule has 0 aromatic carbocycles. The Labute approximate surface area is 94.2 Å². The molecular formula is C10H18O6. The van der Waals surface area contributed by atoms with Gasteiger partial charge < -0.3 is 19.7 Å². The Morgan fingerprint density at radius 2 is 1.19 bits per heavy atom. The van der Waals surface area contributed by atoms with Gasteiger partial charge in [0.2, 0.25) is 0 Å². The quantitative estimate of drug-likeness (QED) is 0.497. The average Bonchev–Trinajstić information content (AvgIpc) is 2.30. The van der Waals surface area contributed by atoms with Gasteiger partial charge in [0.05, 0.1) is 0 Å². The van der Waals surface area contributed by atoms with Gasteiger partial charge in [0, 0.05) is 13.2 Å². The summed E-state index contributed by atoms with van der Waals surface area (Å²) in [5, 5.41) is 16.6. The molecular weight excluding hydrogens is 216 g/mol. The highest BCUT2D eigenvalue weighted by atomic mass is 16.6. The third-order valence-electron chi connectivity index (χ3n) is 1.77. The fraction of sp³-hybridized carbons (Fsp3) is 0.800. The van der Waals surface area contributed by atoms with Gasteiger partial charge >= 0.3 is 11.9 Å². The van der Waals surface area contributed by atoms with E-state index >= 15 is 0 Å². The summed E-state index contributed by atoms with van der Waals surface area (Å²) in [6.07, 6.45) is 3.83. The van der Waals surface area contributed by atoms with Crippen LogP contribution < -0.4 is 0 Å². The molecule has 6 heteroatoms. The number of ether oxygens (including phenoxy) is 2. The standard InChI is InChI=1S/C6H14O2.C4H4O4/c7-5-3-1-2-4-6-8;5-3-1-7-4(6)2-8-3/h7-8H,1-6H2;1-2H2. The van der Waals surface area contributed by atoms with Gasteiger partial charge in [-0.3, -0.25) is 0 Å². The van der Waals surface area contributed by atoms with Crippen molar-refractivity contribution in [2.75, 3.05) is 26.4 Å². The Kier molecular flexibility index (Phi) is 9.64. The van der Waals surface area contributed by atoms with E-state index in [1.165, 1.54) is 0 Å². The van der Waals surface area contributed by atoms with E-state index in [-0.39, 0.29) is 26.4 Å². The summed E-state index contributed by atoms with van der Waals surface area (Å²) in [7, 11) is 0. The van der Waals surface area contributed by atoms with Crippen LogP contribution in [0.2, 0.25) is 0 Å². The lowest BCUT2D eigenvalue weighted by Crippen LogP contribution is -2.27. The predicted octanol–water partition coefficient (Wildman–Crippen LogP) is -0.382. The van der Waals surface area contributed by atoms with E-state index in [9.17, 15) is 9.59 Å². The van der Waals surface area contributed by atoms with E-state index < -0.39 is 11.9 Å². The van der Waals surface area contributed by atoms with Crippen molar-refractivity contribution in [1.82, 2.24) is 0 Å². The van der Waals surface area contributed by atoms with E-state index in [1.54, 1.807) is 0 Å². The van der Waals surface area contributed by atoms with Gasteiger partial charge in [-0.25, -0.2) is 9.59 Å². The lowest BCUT2D eigenvalue weighted by atomic mass is 10.2. The first kappa shape index (κ1) is 14.9. The van der Waals surface area contributed by atoms with E-state index in [0.717, 1.165) is 25.7 Å². The van der Waals surface area contributed by atoms with Gasteiger partial charge in [-0.2, -0.15) is 0 Å². The molecule has 1 aliphatic heterocycles. The molecule has 0 aromatic heterocycles. The Morgan fingerprint density at radius 3 is 1.44 bits per heavy atom. The van der Waals surface area contributed by atoms with Crippen molar-refractivity contribution < 1.29 is 29.3 Å². The van der Waals surface area contributed by atoms with Crippen LogP contribution >= 0.6 is 0 Å². The van der Waals surface area contributed by atoms with Gasteiger partial charge in [-0.05, 0) is 12.8 Å². The summed E-state index contributed by atoms with van der Waals surface area (Å²) in [6.45, 7) is 0.0918. The zero-order valence-electron chi connectivity index (χ0n) is 9.18. The summed E-state index contributed by atoms with van der Waals surface area (Å²) < 4.78 is 8.55. The van der Waals surface area contributed by atoms with Crippen molar-refractivity contribution in [1.29, 1.82) is 0 Å². The normalized spacial score (nSPS) is 14.6. The number of aliphatic hydroxyl groups is 2. The molecule has 6 nitrogen and oxygen atoms in total. The smallest absolute Gasteiger partial charge is 0.344 e. The Bertz CT molecular complexity index is 169. The highest BCUT2D eigenvalue weighted by molar-refractivity contribution is 5.82. The van der Waals surface area contributed by atoms with Crippen LogP contribution in [0.4, 0.5) is 0 Å². The predicted molar refractivity (Wildman–Crippen MR) is 54.6 cm³/mol. The summed E-state index contributed by atoms with van der Waals surface area (Å²) in [4.78, 5) is 20.2. The first-order valence-electron chi connectivity index (χ1n) is 5.23. The van der Waals surface area contributed by atoms with Gasteiger partial charge in [-0.15, -0.1) is 0 Å². The summed E-state index contributed by atoms with van der Waals surface area (Å²) in [5.74, 6) is -0.964. The van der Waals surface area contributed by atoms with Crippen molar-refractivity contribution in [2.45, 2.75) is 25.7 Å². The zero-order chi connectivity index (χ0) is 12.2. The molecule has 0 unspecified atom stereocenters. The fourth-order valence-corrected chi connectivity index (χ4v) is 0.939. The highest BCUT2D eigenvalue weighted by Gasteiger charge is 2.16.